The van der Waals surface area contributed by atoms with Crippen LogP contribution in [0.4, 0.5) is 0 Å². The van der Waals surface area contributed by atoms with Crippen molar-refractivity contribution in [1.29, 1.82) is 0 Å². The Morgan fingerprint density at radius 2 is 2.21 bits per heavy atom. The van der Waals surface area contributed by atoms with Gasteiger partial charge in [-0.2, -0.15) is 0 Å². The van der Waals surface area contributed by atoms with E-state index >= 15 is 0 Å². The second-order valence-corrected chi connectivity index (χ2v) is 4.78. The molecule has 2 aromatic rings. The van der Waals surface area contributed by atoms with E-state index in [0.29, 0.717) is 5.92 Å². The second-order valence-electron chi connectivity index (χ2n) is 3.87. The molecule has 0 spiro atoms. The molecule has 3 heteroatoms. The van der Waals surface area contributed by atoms with Crippen molar-refractivity contribution in [2.45, 2.75) is 20.3 Å². The zero-order valence-electron chi connectivity index (χ0n) is 8.25. The van der Waals surface area contributed by atoms with Crippen LogP contribution in [0.5, 0.6) is 0 Å². The minimum Gasteiger partial charge on any atom is -0.360 e. The minimum atomic E-state index is 0.592. The Hall–Kier alpha value is -0.830. The van der Waals surface area contributed by atoms with Crippen LogP contribution in [0.25, 0.3) is 10.9 Å². The van der Waals surface area contributed by atoms with Gasteiger partial charge in [-0.25, -0.2) is 0 Å². The molecule has 0 radical (unpaired) electrons. The number of rotatable bonds is 2. The van der Waals surface area contributed by atoms with E-state index in [1.807, 2.05) is 18.2 Å². The lowest BCUT2D eigenvalue weighted by Gasteiger charge is -1.99. The number of hydrogen-bond donors (Lipinski definition) is 0. The number of nitrogens with zero attached hydrogens (tertiary/aromatic N) is 1. The Morgan fingerprint density at radius 3 is 2.93 bits per heavy atom. The van der Waals surface area contributed by atoms with Gasteiger partial charge in [0.25, 0.3) is 0 Å². The first kappa shape index (κ1) is 9.71. The summed E-state index contributed by atoms with van der Waals surface area (Å²) in [5.74, 6) is 1.58. The molecular weight excluding hydrogens is 242 g/mol. The van der Waals surface area contributed by atoms with Crippen LogP contribution in [0, 0.1) is 5.92 Å². The van der Waals surface area contributed by atoms with Crippen LogP contribution in [0.15, 0.2) is 27.2 Å². The lowest BCUT2D eigenvalue weighted by Crippen LogP contribution is -1.91. The molecule has 0 aliphatic heterocycles. The van der Waals surface area contributed by atoms with Crippen molar-refractivity contribution in [2.24, 2.45) is 5.92 Å². The molecule has 2 nitrogen and oxygen atoms in total. The van der Waals surface area contributed by atoms with Crippen molar-refractivity contribution >= 4 is 26.8 Å². The highest BCUT2D eigenvalue weighted by molar-refractivity contribution is 9.10. The van der Waals surface area contributed by atoms with E-state index < -0.39 is 0 Å². The molecule has 74 valence electrons. The quantitative estimate of drug-likeness (QED) is 0.814. The summed E-state index contributed by atoms with van der Waals surface area (Å²) in [6, 6.07) is 6.04. The molecule has 0 aliphatic carbocycles. The summed E-state index contributed by atoms with van der Waals surface area (Å²) in [6.07, 6.45) is 0.943. The number of halogens is 1. The standard InChI is InChI=1S/C11H12BrNO/c1-7(2)5-11-9-4-3-8(12)6-10(9)13-14-11/h3-4,6-7H,5H2,1-2H3. The van der Waals surface area contributed by atoms with Crippen molar-refractivity contribution in [3.05, 3.63) is 28.4 Å². The van der Waals surface area contributed by atoms with Gasteiger partial charge in [-0.15, -0.1) is 0 Å². The van der Waals surface area contributed by atoms with Crippen LogP contribution in [0.2, 0.25) is 0 Å². The summed E-state index contributed by atoms with van der Waals surface area (Å²) in [5, 5.41) is 5.15. The van der Waals surface area contributed by atoms with Crippen LogP contribution >= 0.6 is 15.9 Å². The molecule has 0 saturated carbocycles. The molecule has 0 aliphatic rings. The molecule has 0 unspecified atom stereocenters. The second kappa shape index (κ2) is 3.73. The largest absolute Gasteiger partial charge is 0.360 e. The highest BCUT2D eigenvalue weighted by Crippen LogP contribution is 2.23. The average Bonchev–Trinajstić information content (AvgIpc) is 2.47. The van der Waals surface area contributed by atoms with Crippen molar-refractivity contribution in [3.63, 3.8) is 0 Å². The Kier molecular flexibility index (Phi) is 2.59. The van der Waals surface area contributed by atoms with Gasteiger partial charge in [-0.05, 0) is 24.1 Å². The van der Waals surface area contributed by atoms with Gasteiger partial charge in [0.05, 0.1) is 0 Å². The topological polar surface area (TPSA) is 26.0 Å². The van der Waals surface area contributed by atoms with Gasteiger partial charge in [-0.1, -0.05) is 34.9 Å². The highest BCUT2D eigenvalue weighted by atomic mass is 79.9. The fraction of sp³-hybridized carbons (Fsp3) is 0.364. The molecule has 1 aromatic carbocycles. The van der Waals surface area contributed by atoms with Crippen LogP contribution in [-0.4, -0.2) is 5.16 Å². The normalized spacial score (nSPS) is 11.4. The fourth-order valence-corrected chi connectivity index (χ4v) is 1.84. The lowest BCUT2D eigenvalue weighted by atomic mass is 10.1. The van der Waals surface area contributed by atoms with Crippen molar-refractivity contribution in [2.75, 3.05) is 0 Å². The zero-order valence-corrected chi connectivity index (χ0v) is 9.84. The zero-order chi connectivity index (χ0) is 10.1. The van der Waals surface area contributed by atoms with E-state index in [-0.39, 0.29) is 0 Å². The molecule has 0 N–H and O–H groups in total. The van der Waals surface area contributed by atoms with Crippen molar-refractivity contribution < 1.29 is 4.52 Å². The number of aromatic nitrogens is 1. The van der Waals surface area contributed by atoms with Gasteiger partial charge < -0.3 is 4.52 Å². The van der Waals surface area contributed by atoms with Gasteiger partial charge in [0.1, 0.15) is 11.3 Å². The molecule has 1 heterocycles. The van der Waals surface area contributed by atoms with Crippen LogP contribution in [-0.2, 0) is 6.42 Å². The maximum absolute atomic E-state index is 5.31. The van der Waals surface area contributed by atoms with Gasteiger partial charge >= 0.3 is 0 Å². The predicted octanol–water partition coefficient (Wildman–Crippen LogP) is 3.79. The van der Waals surface area contributed by atoms with Gasteiger partial charge in [0, 0.05) is 16.3 Å². The molecule has 14 heavy (non-hydrogen) atoms. The highest BCUT2D eigenvalue weighted by Gasteiger charge is 2.09. The molecule has 2 rings (SSSR count). The molecule has 0 saturated heterocycles. The number of hydrogen-bond acceptors (Lipinski definition) is 2. The third kappa shape index (κ3) is 1.82. The fourth-order valence-electron chi connectivity index (χ4n) is 1.49. The van der Waals surface area contributed by atoms with E-state index in [1.54, 1.807) is 0 Å². The Labute approximate surface area is 91.4 Å². The van der Waals surface area contributed by atoms with E-state index in [1.165, 1.54) is 0 Å². The van der Waals surface area contributed by atoms with E-state index in [9.17, 15) is 0 Å². The first-order chi connectivity index (χ1) is 6.66. The summed E-state index contributed by atoms with van der Waals surface area (Å²) in [7, 11) is 0. The van der Waals surface area contributed by atoms with Crippen LogP contribution in [0.3, 0.4) is 0 Å². The molecule has 0 bridgehead atoms. The Balaban J connectivity index is 2.47. The van der Waals surface area contributed by atoms with E-state index in [0.717, 1.165) is 27.6 Å². The summed E-state index contributed by atoms with van der Waals surface area (Å²) in [5.41, 5.74) is 0.926. The number of fused-ring (bicyclic) bond motifs is 1. The minimum absolute atomic E-state index is 0.592. The lowest BCUT2D eigenvalue weighted by molar-refractivity contribution is 0.376. The number of benzene rings is 1. The monoisotopic (exact) mass is 253 g/mol. The summed E-state index contributed by atoms with van der Waals surface area (Å²) in [6.45, 7) is 4.35. The van der Waals surface area contributed by atoms with Crippen LogP contribution in [0.1, 0.15) is 19.6 Å². The third-order valence-corrected chi connectivity index (χ3v) is 2.60. The predicted molar refractivity (Wildman–Crippen MR) is 60.3 cm³/mol. The van der Waals surface area contributed by atoms with Crippen molar-refractivity contribution in [1.82, 2.24) is 5.16 Å². The summed E-state index contributed by atoms with van der Waals surface area (Å²) >= 11 is 3.41. The maximum Gasteiger partial charge on any atom is 0.144 e. The molecular formula is C11H12BrNO. The van der Waals surface area contributed by atoms with E-state index in [4.69, 9.17) is 4.52 Å². The molecule has 0 fully saturated rings. The van der Waals surface area contributed by atoms with Crippen LogP contribution < -0.4 is 0 Å². The maximum atomic E-state index is 5.31. The van der Waals surface area contributed by atoms with Crippen molar-refractivity contribution in [3.8, 4) is 0 Å². The molecule has 0 atom stereocenters. The molecule has 0 amide bonds. The average molecular weight is 254 g/mol. The summed E-state index contributed by atoms with van der Waals surface area (Å²) in [4.78, 5) is 0. The van der Waals surface area contributed by atoms with Gasteiger partial charge in [0.2, 0.25) is 0 Å². The first-order valence-electron chi connectivity index (χ1n) is 4.70. The first-order valence-corrected chi connectivity index (χ1v) is 5.50. The third-order valence-electron chi connectivity index (χ3n) is 2.11. The smallest absolute Gasteiger partial charge is 0.144 e. The van der Waals surface area contributed by atoms with E-state index in [2.05, 4.69) is 34.9 Å². The summed E-state index contributed by atoms with van der Waals surface area (Å²) < 4.78 is 6.35. The SMILES string of the molecule is CC(C)Cc1onc2cc(Br)ccc12. The molecule has 1 aromatic heterocycles. The Morgan fingerprint density at radius 1 is 1.43 bits per heavy atom. The Bertz CT molecular complexity index is 447. The van der Waals surface area contributed by atoms with Gasteiger partial charge in [0.15, 0.2) is 0 Å². The van der Waals surface area contributed by atoms with Gasteiger partial charge in [-0.3, -0.25) is 0 Å².